The van der Waals surface area contributed by atoms with Gasteiger partial charge in [-0.2, -0.15) is 14.6 Å². The summed E-state index contributed by atoms with van der Waals surface area (Å²) in [6.45, 7) is 4.28. The summed E-state index contributed by atoms with van der Waals surface area (Å²) in [7, 11) is -3.53. The Labute approximate surface area is 140 Å². The van der Waals surface area contributed by atoms with Crippen molar-refractivity contribution in [3.05, 3.63) is 41.5 Å². The number of nitrogens with zero attached hydrogens (tertiary/aromatic N) is 5. The van der Waals surface area contributed by atoms with E-state index in [1.807, 2.05) is 6.07 Å². The van der Waals surface area contributed by atoms with Crippen LogP contribution in [-0.4, -0.2) is 53.9 Å². The number of aromatic nitrogens is 2. The zero-order chi connectivity index (χ0) is 17.2. The Morgan fingerprint density at radius 2 is 1.88 bits per heavy atom. The molecule has 1 aliphatic heterocycles. The molecule has 9 heteroatoms. The minimum Gasteiger partial charge on any atom is -0.340 e. The first-order valence-corrected chi connectivity index (χ1v) is 8.95. The Morgan fingerprint density at radius 1 is 1.21 bits per heavy atom. The zero-order valence-electron chi connectivity index (χ0n) is 13.2. The molecule has 0 spiro atoms. The van der Waals surface area contributed by atoms with Gasteiger partial charge >= 0.3 is 0 Å². The molecular weight excluding hydrogens is 330 g/mol. The van der Waals surface area contributed by atoms with Crippen LogP contribution < -0.4 is 0 Å². The number of hydrogen-bond acceptors (Lipinski definition) is 7. The smallest absolute Gasteiger partial charge is 0.243 e. The van der Waals surface area contributed by atoms with E-state index in [-0.39, 0.29) is 4.90 Å². The summed E-state index contributed by atoms with van der Waals surface area (Å²) in [4.78, 5) is 6.46. The molecule has 3 rings (SSSR count). The number of nitriles is 1. The van der Waals surface area contributed by atoms with Gasteiger partial charge in [0, 0.05) is 33.1 Å². The van der Waals surface area contributed by atoms with Gasteiger partial charge in [0.25, 0.3) is 0 Å². The van der Waals surface area contributed by atoms with Gasteiger partial charge in [-0.1, -0.05) is 5.16 Å². The Morgan fingerprint density at radius 3 is 2.42 bits per heavy atom. The van der Waals surface area contributed by atoms with E-state index in [9.17, 15) is 8.42 Å². The SMILES string of the molecule is Cc1nc(CN2CCN(S(=O)(=O)c3ccc(C#N)cc3)CC2)no1. The van der Waals surface area contributed by atoms with Gasteiger partial charge in [0.1, 0.15) is 0 Å². The first-order valence-electron chi connectivity index (χ1n) is 7.51. The normalized spacial score (nSPS) is 16.8. The largest absolute Gasteiger partial charge is 0.340 e. The zero-order valence-corrected chi connectivity index (χ0v) is 14.0. The van der Waals surface area contributed by atoms with Gasteiger partial charge < -0.3 is 4.52 Å². The van der Waals surface area contributed by atoms with Crippen LogP contribution in [0.3, 0.4) is 0 Å². The van der Waals surface area contributed by atoms with Crippen molar-refractivity contribution in [3.8, 4) is 6.07 Å². The van der Waals surface area contributed by atoms with Crippen molar-refractivity contribution >= 4 is 10.0 Å². The second kappa shape index (κ2) is 6.68. The Balaban J connectivity index is 1.63. The van der Waals surface area contributed by atoms with Crippen molar-refractivity contribution in [2.24, 2.45) is 0 Å². The third-order valence-corrected chi connectivity index (χ3v) is 5.80. The van der Waals surface area contributed by atoms with Crippen LogP contribution in [0.1, 0.15) is 17.3 Å². The molecule has 0 radical (unpaired) electrons. The molecule has 0 N–H and O–H groups in total. The van der Waals surface area contributed by atoms with Crippen molar-refractivity contribution in [2.75, 3.05) is 26.2 Å². The van der Waals surface area contributed by atoms with E-state index >= 15 is 0 Å². The lowest BCUT2D eigenvalue weighted by atomic mass is 10.2. The molecular formula is C15H17N5O3S. The highest BCUT2D eigenvalue weighted by Crippen LogP contribution is 2.18. The van der Waals surface area contributed by atoms with Gasteiger partial charge in [0.15, 0.2) is 5.82 Å². The van der Waals surface area contributed by atoms with Gasteiger partial charge in [-0.15, -0.1) is 0 Å². The molecule has 0 bridgehead atoms. The van der Waals surface area contributed by atoms with E-state index in [4.69, 9.17) is 9.78 Å². The quantitative estimate of drug-likeness (QED) is 0.804. The number of piperazine rings is 1. The van der Waals surface area contributed by atoms with Crippen molar-refractivity contribution in [3.63, 3.8) is 0 Å². The van der Waals surface area contributed by atoms with E-state index in [1.54, 1.807) is 6.92 Å². The van der Waals surface area contributed by atoms with Crippen LogP contribution in [0.4, 0.5) is 0 Å². The Kier molecular flexibility index (Phi) is 4.62. The molecule has 0 atom stereocenters. The average Bonchev–Trinajstić information content (AvgIpc) is 3.00. The highest BCUT2D eigenvalue weighted by atomic mass is 32.2. The third-order valence-electron chi connectivity index (χ3n) is 3.89. The van der Waals surface area contributed by atoms with Crippen LogP contribution in [-0.2, 0) is 16.6 Å². The number of hydrogen-bond donors (Lipinski definition) is 0. The van der Waals surface area contributed by atoms with Gasteiger partial charge in [0.05, 0.1) is 23.1 Å². The van der Waals surface area contributed by atoms with Crippen LogP contribution >= 0.6 is 0 Å². The highest BCUT2D eigenvalue weighted by molar-refractivity contribution is 7.89. The van der Waals surface area contributed by atoms with E-state index < -0.39 is 10.0 Å². The molecule has 1 aromatic heterocycles. The molecule has 1 aromatic carbocycles. The van der Waals surface area contributed by atoms with Gasteiger partial charge in [-0.25, -0.2) is 8.42 Å². The Hall–Kier alpha value is -2.28. The summed E-state index contributed by atoms with van der Waals surface area (Å²) < 4.78 is 31.7. The second-order valence-corrected chi connectivity index (χ2v) is 7.48. The number of benzene rings is 1. The fourth-order valence-electron chi connectivity index (χ4n) is 2.58. The maximum atomic E-state index is 12.6. The predicted octanol–water partition coefficient (Wildman–Crippen LogP) is 0.756. The molecule has 0 unspecified atom stereocenters. The molecule has 0 aliphatic carbocycles. The molecule has 2 aromatic rings. The predicted molar refractivity (Wildman–Crippen MR) is 84.2 cm³/mol. The average molecular weight is 347 g/mol. The van der Waals surface area contributed by atoms with Gasteiger partial charge in [-0.3, -0.25) is 4.90 Å². The number of sulfonamides is 1. The van der Waals surface area contributed by atoms with Crippen molar-refractivity contribution in [2.45, 2.75) is 18.4 Å². The topological polar surface area (TPSA) is 103 Å². The molecule has 1 fully saturated rings. The van der Waals surface area contributed by atoms with Gasteiger partial charge in [-0.05, 0) is 24.3 Å². The van der Waals surface area contributed by atoms with Crippen molar-refractivity contribution in [1.29, 1.82) is 5.26 Å². The van der Waals surface area contributed by atoms with E-state index in [2.05, 4.69) is 15.0 Å². The standard InChI is InChI=1S/C15H17N5O3S/c1-12-17-15(18-23-12)11-19-6-8-20(9-7-19)24(21,22)14-4-2-13(10-16)3-5-14/h2-5H,6-9,11H2,1H3. The van der Waals surface area contributed by atoms with Crippen molar-refractivity contribution in [1.82, 2.24) is 19.3 Å². The van der Waals surface area contributed by atoms with Gasteiger partial charge in [0.2, 0.25) is 15.9 Å². The summed E-state index contributed by atoms with van der Waals surface area (Å²) in [5, 5.41) is 12.7. The van der Waals surface area contributed by atoms with Crippen LogP contribution in [0, 0.1) is 18.3 Å². The molecule has 0 saturated carbocycles. The molecule has 8 nitrogen and oxygen atoms in total. The second-order valence-electron chi connectivity index (χ2n) is 5.55. The van der Waals surface area contributed by atoms with E-state index in [1.165, 1.54) is 28.6 Å². The maximum absolute atomic E-state index is 12.6. The minimum absolute atomic E-state index is 0.212. The molecule has 2 heterocycles. The number of aryl methyl sites for hydroxylation is 1. The Bertz CT molecular complexity index is 846. The lowest BCUT2D eigenvalue weighted by Crippen LogP contribution is -2.48. The van der Waals surface area contributed by atoms with Crippen LogP contribution in [0.15, 0.2) is 33.7 Å². The van der Waals surface area contributed by atoms with Crippen LogP contribution in [0.25, 0.3) is 0 Å². The minimum atomic E-state index is -3.53. The van der Waals surface area contributed by atoms with E-state index in [0.29, 0.717) is 50.0 Å². The number of rotatable bonds is 4. The summed E-state index contributed by atoms with van der Waals surface area (Å²) in [6, 6.07) is 7.96. The molecule has 0 amide bonds. The van der Waals surface area contributed by atoms with Crippen LogP contribution in [0.2, 0.25) is 0 Å². The fourth-order valence-corrected chi connectivity index (χ4v) is 4.01. The lowest BCUT2D eigenvalue weighted by Gasteiger charge is -2.33. The molecule has 1 aliphatic rings. The van der Waals surface area contributed by atoms with Crippen LogP contribution in [0.5, 0.6) is 0 Å². The lowest BCUT2D eigenvalue weighted by molar-refractivity contribution is 0.176. The summed E-state index contributed by atoms with van der Waals surface area (Å²) in [6.07, 6.45) is 0. The summed E-state index contributed by atoms with van der Waals surface area (Å²) >= 11 is 0. The maximum Gasteiger partial charge on any atom is 0.243 e. The summed E-state index contributed by atoms with van der Waals surface area (Å²) in [5.74, 6) is 1.13. The first kappa shape index (κ1) is 16.6. The van der Waals surface area contributed by atoms with Crippen molar-refractivity contribution < 1.29 is 12.9 Å². The van der Waals surface area contributed by atoms with E-state index in [0.717, 1.165) is 0 Å². The summed E-state index contributed by atoms with van der Waals surface area (Å²) in [5.41, 5.74) is 0.439. The molecule has 1 saturated heterocycles. The molecule has 24 heavy (non-hydrogen) atoms. The fraction of sp³-hybridized carbons (Fsp3) is 0.400. The monoisotopic (exact) mass is 347 g/mol. The molecule has 126 valence electrons. The first-order chi connectivity index (χ1) is 11.5. The highest BCUT2D eigenvalue weighted by Gasteiger charge is 2.28. The third kappa shape index (κ3) is 3.46.